The van der Waals surface area contributed by atoms with Gasteiger partial charge in [-0.2, -0.15) is 0 Å². The van der Waals surface area contributed by atoms with E-state index in [1.165, 1.54) is 4.88 Å². The van der Waals surface area contributed by atoms with Crippen LogP contribution in [-0.4, -0.2) is 9.97 Å². The first-order valence-electron chi connectivity index (χ1n) is 5.85. The van der Waals surface area contributed by atoms with E-state index in [1.807, 2.05) is 26.0 Å². The van der Waals surface area contributed by atoms with Crippen molar-refractivity contribution in [3.8, 4) is 0 Å². The molecule has 3 rings (SSSR count). The molecule has 4 nitrogen and oxygen atoms in total. The summed E-state index contributed by atoms with van der Waals surface area (Å²) in [6, 6.07) is 5.95. The molecule has 3 heterocycles. The van der Waals surface area contributed by atoms with Gasteiger partial charge in [0, 0.05) is 4.88 Å². The van der Waals surface area contributed by atoms with Crippen LogP contribution >= 0.6 is 22.9 Å². The van der Waals surface area contributed by atoms with Crippen molar-refractivity contribution in [1.29, 1.82) is 0 Å². The molecule has 98 valence electrons. The van der Waals surface area contributed by atoms with Crippen LogP contribution in [0.1, 0.15) is 16.4 Å². The topological polar surface area (TPSA) is 51.0 Å². The molecule has 0 saturated heterocycles. The summed E-state index contributed by atoms with van der Waals surface area (Å²) in [7, 11) is 0. The number of furan rings is 1. The average Bonchev–Trinajstić information content (AvgIpc) is 2.91. The minimum absolute atomic E-state index is 0.257. The Bertz CT molecular complexity index is 735. The molecule has 0 fully saturated rings. The van der Waals surface area contributed by atoms with Crippen molar-refractivity contribution in [2.75, 3.05) is 5.32 Å². The number of halogens is 1. The van der Waals surface area contributed by atoms with Gasteiger partial charge in [0.2, 0.25) is 5.28 Å². The standard InChI is InChI=1S/C13H12ClN3OS/c1-7-3-4-9(18-7)6-15-11-10-5-8(2)19-12(10)17-13(14)16-11/h3-5H,6H2,1-2H3,(H,15,16,17). The van der Waals surface area contributed by atoms with Crippen molar-refractivity contribution in [3.05, 3.63) is 39.9 Å². The Morgan fingerprint density at radius 3 is 2.89 bits per heavy atom. The van der Waals surface area contributed by atoms with Crippen LogP contribution in [0, 0.1) is 13.8 Å². The molecular weight excluding hydrogens is 282 g/mol. The van der Waals surface area contributed by atoms with Crippen LogP contribution in [0.2, 0.25) is 5.28 Å². The molecule has 0 atom stereocenters. The Morgan fingerprint density at radius 1 is 1.32 bits per heavy atom. The van der Waals surface area contributed by atoms with Crippen LogP contribution in [0.15, 0.2) is 22.6 Å². The van der Waals surface area contributed by atoms with Gasteiger partial charge < -0.3 is 9.73 Å². The van der Waals surface area contributed by atoms with E-state index >= 15 is 0 Å². The lowest BCUT2D eigenvalue weighted by molar-refractivity contribution is 0.490. The molecule has 0 saturated carbocycles. The summed E-state index contributed by atoms with van der Waals surface area (Å²) in [6.45, 7) is 4.54. The van der Waals surface area contributed by atoms with Crippen molar-refractivity contribution in [3.63, 3.8) is 0 Å². The molecule has 19 heavy (non-hydrogen) atoms. The van der Waals surface area contributed by atoms with Crippen molar-refractivity contribution < 1.29 is 4.42 Å². The molecule has 3 aromatic rings. The lowest BCUT2D eigenvalue weighted by Crippen LogP contribution is -2.01. The third kappa shape index (κ3) is 2.57. The molecule has 0 spiro atoms. The Hall–Kier alpha value is -1.59. The fraction of sp³-hybridized carbons (Fsp3) is 0.231. The summed E-state index contributed by atoms with van der Waals surface area (Å²) in [4.78, 5) is 10.6. The van der Waals surface area contributed by atoms with Crippen molar-refractivity contribution in [2.24, 2.45) is 0 Å². The maximum absolute atomic E-state index is 5.94. The predicted octanol–water partition coefficient (Wildman–Crippen LogP) is 4.17. The monoisotopic (exact) mass is 293 g/mol. The van der Waals surface area contributed by atoms with Gasteiger partial charge in [-0.25, -0.2) is 9.97 Å². The van der Waals surface area contributed by atoms with Gasteiger partial charge in [-0.05, 0) is 43.6 Å². The van der Waals surface area contributed by atoms with E-state index < -0.39 is 0 Å². The largest absolute Gasteiger partial charge is 0.465 e. The van der Waals surface area contributed by atoms with E-state index in [4.69, 9.17) is 16.0 Å². The lowest BCUT2D eigenvalue weighted by atomic mass is 10.3. The second-order valence-electron chi connectivity index (χ2n) is 4.28. The zero-order valence-electron chi connectivity index (χ0n) is 10.5. The molecule has 3 aromatic heterocycles. The predicted molar refractivity (Wildman–Crippen MR) is 77.9 cm³/mol. The van der Waals surface area contributed by atoms with E-state index in [0.29, 0.717) is 6.54 Å². The zero-order chi connectivity index (χ0) is 13.4. The fourth-order valence-corrected chi connectivity index (χ4v) is 3.00. The molecule has 0 radical (unpaired) electrons. The van der Waals surface area contributed by atoms with Gasteiger partial charge >= 0.3 is 0 Å². The van der Waals surface area contributed by atoms with Crippen LogP contribution in [-0.2, 0) is 6.54 Å². The van der Waals surface area contributed by atoms with Gasteiger partial charge in [0.25, 0.3) is 0 Å². The second-order valence-corrected chi connectivity index (χ2v) is 5.86. The number of rotatable bonds is 3. The van der Waals surface area contributed by atoms with E-state index in [-0.39, 0.29) is 5.28 Å². The smallest absolute Gasteiger partial charge is 0.225 e. The van der Waals surface area contributed by atoms with Gasteiger partial charge in [0.05, 0.1) is 11.9 Å². The average molecular weight is 294 g/mol. The third-order valence-electron chi connectivity index (χ3n) is 2.71. The van der Waals surface area contributed by atoms with Crippen LogP contribution < -0.4 is 5.32 Å². The number of anilines is 1. The molecular formula is C13H12ClN3OS. The highest BCUT2D eigenvalue weighted by molar-refractivity contribution is 7.18. The van der Waals surface area contributed by atoms with Gasteiger partial charge in [-0.3, -0.25) is 0 Å². The zero-order valence-corrected chi connectivity index (χ0v) is 12.1. The number of hydrogen-bond donors (Lipinski definition) is 1. The lowest BCUT2D eigenvalue weighted by Gasteiger charge is -2.05. The van der Waals surface area contributed by atoms with Gasteiger partial charge in [0.1, 0.15) is 22.2 Å². The maximum Gasteiger partial charge on any atom is 0.225 e. The summed E-state index contributed by atoms with van der Waals surface area (Å²) < 4.78 is 5.52. The summed E-state index contributed by atoms with van der Waals surface area (Å²) in [6.07, 6.45) is 0. The minimum atomic E-state index is 0.257. The summed E-state index contributed by atoms with van der Waals surface area (Å²) in [5.41, 5.74) is 0. The summed E-state index contributed by atoms with van der Waals surface area (Å²) in [5.74, 6) is 2.51. The number of aryl methyl sites for hydroxylation is 2. The first-order valence-corrected chi connectivity index (χ1v) is 7.04. The van der Waals surface area contributed by atoms with Gasteiger partial charge in [-0.1, -0.05) is 0 Å². The molecule has 0 aromatic carbocycles. The molecule has 1 N–H and O–H groups in total. The molecule has 0 aliphatic rings. The molecule has 0 unspecified atom stereocenters. The molecule has 6 heteroatoms. The number of fused-ring (bicyclic) bond motifs is 1. The maximum atomic E-state index is 5.94. The second kappa shape index (κ2) is 4.83. The number of aromatic nitrogens is 2. The SMILES string of the molecule is Cc1ccc(CNc2nc(Cl)nc3sc(C)cc23)o1. The van der Waals surface area contributed by atoms with Crippen LogP contribution in [0.4, 0.5) is 5.82 Å². The normalized spacial score (nSPS) is 11.1. The molecule has 0 aliphatic carbocycles. The number of thiophene rings is 1. The first-order chi connectivity index (χ1) is 9.11. The number of nitrogens with one attached hydrogen (secondary N) is 1. The molecule has 0 aliphatic heterocycles. The van der Waals surface area contributed by atoms with Crippen molar-refractivity contribution >= 4 is 39.0 Å². The van der Waals surface area contributed by atoms with Crippen molar-refractivity contribution in [2.45, 2.75) is 20.4 Å². The highest BCUT2D eigenvalue weighted by Gasteiger charge is 2.10. The summed E-state index contributed by atoms with van der Waals surface area (Å²) >= 11 is 7.55. The van der Waals surface area contributed by atoms with Crippen LogP contribution in [0.5, 0.6) is 0 Å². The Labute approximate surface area is 119 Å². The Balaban J connectivity index is 1.91. The Morgan fingerprint density at radius 2 is 2.16 bits per heavy atom. The molecule has 0 amide bonds. The fourth-order valence-electron chi connectivity index (χ4n) is 1.90. The van der Waals surface area contributed by atoms with E-state index in [2.05, 4.69) is 21.4 Å². The summed E-state index contributed by atoms with van der Waals surface area (Å²) in [5, 5.41) is 4.50. The highest BCUT2D eigenvalue weighted by atomic mass is 35.5. The van der Waals surface area contributed by atoms with Gasteiger partial charge in [-0.15, -0.1) is 11.3 Å². The quantitative estimate of drug-likeness (QED) is 0.737. The van der Waals surface area contributed by atoms with Gasteiger partial charge in [0.15, 0.2) is 0 Å². The molecule has 0 bridgehead atoms. The van der Waals surface area contributed by atoms with E-state index in [0.717, 1.165) is 27.6 Å². The van der Waals surface area contributed by atoms with E-state index in [1.54, 1.807) is 11.3 Å². The first kappa shape index (κ1) is 12.4. The van der Waals surface area contributed by atoms with Crippen LogP contribution in [0.3, 0.4) is 0 Å². The minimum Gasteiger partial charge on any atom is -0.465 e. The third-order valence-corrected chi connectivity index (χ3v) is 3.83. The Kier molecular flexibility index (Phi) is 3.16. The number of nitrogens with zero attached hydrogens (tertiary/aromatic N) is 2. The van der Waals surface area contributed by atoms with E-state index in [9.17, 15) is 0 Å². The van der Waals surface area contributed by atoms with Crippen LogP contribution in [0.25, 0.3) is 10.2 Å². The van der Waals surface area contributed by atoms with Crippen molar-refractivity contribution in [1.82, 2.24) is 9.97 Å². The number of hydrogen-bond acceptors (Lipinski definition) is 5. The highest BCUT2D eigenvalue weighted by Crippen LogP contribution is 2.29.